The maximum atomic E-state index is 12.1. The van der Waals surface area contributed by atoms with Gasteiger partial charge in [-0.3, -0.25) is 15.6 Å². The number of guanidine groups is 1. The molecule has 1 aliphatic heterocycles. The molecule has 8 N–H and O–H groups in total. The number of para-hydroxylation sites is 1. The number of hydrazine groups is 1. The molecule has 2 atom stereocenters. The number of rotatable bonds is 5. The van der Waals surface area contributed by atoms with Gasteiger partial charge in [0.05, 0.1) is 11.6 Å². The first-order valence-electron chi connectivity index (χ1n) is 11.2. The number of nitrogens with one attached hydrogen (secondary N) is 4. The van der Waals surface area contributed by atoms with Crippen molar-refractivity contribution >= 4 is 28.5 Å². The fourth-order valence-electron chi connectivity index (χ4n) is 4.43. The van der Waals surface area contributed by atoms with Crippen LogP contribution in [0.25, 0.3) is 16.6 Å². The van der Waals surface area contributed by atoms with Crippen LogP contribution in [-0.4, -0.2) is 28.5 Å². The predicted octanol–water partition coefficient (Wildman–Crippen LogP) is 2.02. The van der Waals surface area contributed by atoms with Gasteiger partial charge in [0, 0.05) is 29.0 Å². The highest BCUT2D eigenvalue weighted by molar-refractivity contribution is 5.98. The van der Waals surface area contributed by atoms with E-state index in [9.17, 15) is 4.79 Å². The van der Waals surface area contributed by atoms with Crippen molar-refractivity contribution in [2.45, 2.75) is 37.8 Å². The normalized spacial score (nSPS) is 21.9. The molecular formula is C24H28N8O. The van der Waals surface area contributed by atoms with Crippen molar-refractivity contribution in [2.24, 2.45) is 16.5 Å². The smallest absolute Gasteiger partial charge is 0.270 e. The molecule has 1 amide bonds. The number of aromatic nitrogens is 1. The SMILES string of the molecule is NC(=O)C1=C(Nc2cccc3c2ccn3-c2ccccc2)NC(=N[C@@H]2CCCC[C@@H]2N)NN1. The molecule has 1 aromatic heterocycles. The van der Waals surface area contributed by atoms with E-state index in [1.54, 1.807) is 0 Å². The number of nitrogens with two attached hydrogens (primary N) is 2. The quantitative estimate of drug-likeness (QED) is 0.357. The van der Waals surface area contributed by atoms with Crippen LogP contribution in [0.3, 0.4) is 0 Å². The molecule has 5 rings (SSSR count). The van der Waals surface area contributed by atoms with Crippen LogP contribution in [0.4, 0.5) is 5.69 Å². The molecule has 0 spiro atoms. The van der Waals surface area contributed by atoms with E-state index in [1.807, 2.05) is 42.6 Å². The number of carbonyl (C=O) groups excluding carboxylic acids is 1. The topological polar surface area (TPSA) is 135 Å². The summed E-state index contributed by atoms with van der Waals surface area (Å²) in [5.74, 6) is 0.336. The predicted molar refractivity (Wildman–Crippen MR) is 130 cm³/mol. The van der Waals surface area contributed by atoms with Crippen LogP contribution < -0.4 is 33.0 Å². The second kappa shape index (κ2) is 8.87. The van der Waals surface area contributed by atoms with Crippen molar-refractivity contribution in [3.05, 3.63) is 72.3 Å². The lowest BCUT2D eigenvalue weighted by Gasteiger charge is -2.29. The Balaban J connectivity index is 1.46. The number of amides is 1. The molecule has 3 aromatic rings. The van der Waals surface area contributed by atoms with Crippen LogP contribution in [0.1, 0.15) is 25.7 Å². The molecule has 0 saturated heterocycles. The van der Waals surface area contributed by atoms with Crippen molar-refractivity contribution in [3.8, 4) is 5.69 Å². The summed E-state index contributed by atoms with van der Waals surface area (Å²) >= 11 is 0. The summed E-state index contributed by atoms with van der Waals surface area (Å²) in [6.45, 7) is 0. The number of benzene rings is 2. The molecule has 0 bridgehead atoms. The number of anilines is 1. The summed E-state index contributed by atoms with van der Waals surface area (Å²) in [7, 11) is 0. The third kappa shape index (κ3) is 4.22. The maximum absolute atomic E-state index is 12.1. The van der Waals surface area contributed by atoms with E-state index >= 15 is 0 Å². The van der Waals surface area contributed by atoms with E-state index in [-0.39, 0.29) is 17.8 Å². The lowest BCUT2D eigenvalue weighted by molar-refractivity contribution is -0.115. The molecular weight excluding hydrogens is 416 g/mol. The summed E-state index contributed by atoms with van der Waals surface area (Å²) in [6.07, 6.45) is 6.17. The Morgan fingerprint density at radius 1 is 1.03 bits per heavy atom. The molecule has 1 aliphatic carbocycles. The van der Waals surface area contributed by atoms with Crippen LogP contribution in [-0.2, 0) is 4.79 Å². The summed E-state index contributed by atoms with van der Waals surface area (Å²) in [5, 5.41) is 7.53. The van der Waals surface area contributed by atoms with Crippen molar-refractivity contribution in [1.29, 1.82) is 0 Å². The second-order valence-electron chi connectivity index (χ2n) is 8.37. The summed E-state index contributed by atoms with van der Waals surface area (Å²) in [4.78, 5) is 16.8. The van der Waals surface area contributed by atoms with Gasteiger partial charge in [-0.2, -0.15) is 0 Å². The average molecular weight is 445 g/mol. The van der Waals surface area contributed by atoms with Crippen LogP contribution in [0.5, 0.6) is 0 Å². The van der Waals surface area contributed by atoms with Crippen molar-refractivity contribution < 1.29 is 4.79 Å². The Morgan fingerprint density at radius 2 is 1.85 bits per heavy atom. The Bertz CT molecular complexity index is 1230. The Kier molecular flexibility index (Phi) is 5.62. The first kappa shape index (κ1) is 20.9. The van der Waals surface area contributed by atoms with Gasteiger partial charge in [0.2, 0.25) is 5.96 Å². The molecule has 1 fully saturated rings. The second-order valence-corrected chi connectivity index (χ2v) is 8.37. The van der Waals surface area contributed by atoms with Gasteiger partial charge in [0.15, 0.2) is 5.70 Å². The minimum Gasteiger partial charge on any atom is -0.364 e. The highest BCUT2D eigenvalue weighted by Gasteiger charge is 2.25. The fraction of sp³-hybridized carbons (Fsp3) is 0.250. The van der Waals surface area contributed by atoms with Gasteiger partial charge >= 0.3 is 0 Å². The number of hydrogen-bond acceptors (Lipinski definition) is 5. The van der Waals surface area contributed by atoms with Crippen LogP contribution in [0.2, 0.25) is 0 Å². The Hall–Kier alpha value is -3.98. The maximum Gasteiger partial charge on any atom is 0.270 e. The lowest BCUT2D eigenvalue weighted by atomic mass is 9.91. The minimum absolute atomic E-state index is 0.0234. The van der Waals surface area contributed by atoms with Crippen LogP contribution >= 0.6 is 0 Å². The number of carbonyl (C=O) groups is 1. The molecule has 9 heteroatoms. The third-order valence-corrected chi connectivity index (χ3v) is 6.15. The lowest BCUT2D eigenvalue weighted by Crippen LogP contribution is -2.55. The average Bonchev–Trinajstić information content (AvgIpc) is 3.26. The van der Waals surface area contributed by atoms with Gasteiger partial charge in [-0.25, -0.2) is 4.99 Å². The molecule has 33 heavy (non-hydrogen) atoms. The number of primary amides is 1. The van der Waals surface area contributed by atoms with E-state index in [2.05, 4.69) is 44.3 Å². The van der Waals surface area contributed by atoms with Gasteiger partial charge in [0.1, 0.15) is 5.82 Å². The van der Waals surface area contributed by atoms with E-state index < -0.39 is 5.91 Å². The molecule has 9 nitrogen and oxygen atoms in total. The molecule has 2 aromatic carbocycles. The van der Waals surface area contributed by atoms with Gasteiger partial charge in [-0.05, 0) is 43.2 Å². The number of aliphatic imine (C=N–C) groups is 1. The summed E-state index contributed by atoms with van der Waals surface area (Å²) in [5.41, 5.74) is 20.8. The zero-order valence-corrected chi connectivity index (χ0v) is 18.2. The molecule has 0 radical (unpaired) electrons. The number of fused-ring (bicyclic) bond motifs is 1. The number of nitrogens with zero attached hydrogens (tertiary/aromatic N) is 2. The zero-order chi connectivity index (χ0) is 22.8. The highest BCUT2D eigenvalue weighted by atomic mass is 16.1. The van der Waals surface area contributed by atoms with E-state index in [0.717, 1.165) is 48.0 Å². The van der Waals surface area contributed by atoms with Gasteiger partial charge < -0.3 is 26.7 Å². The van der Waals surface area contributed by atoms with E-state index in [4.69, 9.17) is 16.5 Å². The van der Waals surface area contributed by atoms with Gasteiger partial charge in [-0.1, -0.05) is 37.1 Å². The molecule has 0 unspecified atom stereocenters. The standard InChI is InChI=1S/C24H28N8O/c25-17-9-4-5-10-19(17)28-24-29-23(21(22(26)33)30-31-24)27-18-11-6-12-20-16(18)13-14-32(20)15-7-2-1-3-8-15/h1-3,6-8,11-14,17,19,27,30H,4-5,9-10,25H2,(H2,26,33)(H2,28,29,31)/t17-,19+/m0/s1. The first-order chi connectivity index (χ1) is 16.1. The first-order valence-corrected chi connectivity index (χ1v) is 11.2. The van der Waals surface area contributed by atoms with E-state index in [1.165, 1.54) is 0 Å². The monoisotopic (exact) mass is 444 g/mol. The highest BCUT2D eigenvalue weighted by Crippen LogP contribution is 2.28. The van der Waals surface area contributed by atoms with Crippen molar-refractivity contribution in [2.75, 3.05) is 5.32 Å². The minimum atomic E-state index is -0.597. The third-order valence-electron chi connectivity index (χ3n) is 6.15. The van der Waals surface area contributed by atoms with Crippen LogP contribution in [0.15, 0.2) is 77.3 Å². The zero-order valence-electron chi connectivity index (χ0n) is 18.2. The fourth-order valence-corrected chi connectivity index (χ4v) is 4.43. The number of hydrogen-bond donors (Lipinski definition) is 6. The van der Waals surface area contributed by atoms with Crippen LogP contribution in [0, 0.1) is 0 Å². The molecule has 170 valence electrons. The largest absolute Gasteiger partial charge is 0.364 e. The summed E-state index contributed by atoms with van der Waals surface area (Å²) in [6, 6.07) is 18.2. The van der Waals surface area contributed by atoms with Gasteiger partial charge in [0.25, 0.3) is 5.91 Å². The van der Waals surface area contributed by atoms with Crippen molar-refractivity contribution in [3.63, 3.8) is 0 Å². The van der Waals surface area contributed by atoms with Crippen molar-refractivity contribution in [1.82, 2.24) is 20.7 Å². The molecule has 2 aliphatic rings. The Morgan fingerprint density at radius 3 is 2.64 bits per heavy atom. The van der Waals surface area contributed by atoms with Gasteiger partial charge in [-0.15, -0.1) is 0 Å². The Labute approximate surface area is 191 Å². The molecule has 1 saturated carbocycles. The summed E-state index contributed by atoms with van der Waals surface area (Å²) < 4.78 is 2.12. The van der Waals surface area contributed by atoms with E-state index in [0.29, 0.717) is 11.8 Å². The molecule has 2 heterocycles.